The van der Waals surface area contributed by atoms with Gasteiger partial charge in [0.25, 0.3) is 0 Å². The van der Waals surface area contributed by atoms with Crippen LogP contribution in [0.5, 0.6) is 0 Å². The van der Waals surface area contributed by atoms with E-state index in [-0.39, 0.29) is 42.4 Å². The van der Waals surface area contributed by atoms with Gasteiger partial charge in [-0.1, -0.05) is 24.3 Å². The molecule has 0 saturated carbocycles. The van der Waals surface area contributed by atoms with E-state index in [1.807, 2.05) is 34.1 Å². The van der Waals surface area contributed by atoms with Gasteiger partial charge in [-0.2, -0.15) is 13.2 Å². The molecule has 1 atom stereocenters. The van der Waals surface area contributed by atoms with Crippen molar-refractivity contribution < 1.29 is 27.6 Å². The number of urea groups is 1. The Bertz CT molecular complexity index is 1560. The number of hydrogen-bond donors (Lipinski definition) is 2. The van der Waals surface area contributed by atoms with Crippen molar-refractivity contribution >= 4 is 29.2 Å². The number of likely N-dealkylation sites (N-methyl/N-ethyl adjacent to an activating group) is 1. The van der Waals surface area contributed by atoms with Gasteiger partial charge in [-0.05, 0) is 81.3 Å². The third kappa shape index (κ3) is 8.63. The number of para-hydroxylation sites is 1. The Hall–Kier alpha value is -3.84. The van der Waals surface area contributed by atoms with Crippen LogP contribution in [0, 0.1) is 12.8 Å². The molecule has 6 rings (SSSR count). The first-order valence-corrected chi connectivity index (χ1v) is 18.4. The minimum absolute atomic E-state index is 0.0148. The van der Waals surface area contributed by atoms with E-state index < -0.39 is 17.7 Å². The van der Waals surface area contributed by atoms with E-state index in [1.165, 1.54) is 7.05 Å². The smallest absolute Gasteiger partial charge is 0.387 e. The van der Waals surface area contributed by atoms with Gasteiger partial charge < -0.3 is 30.2 Å². The third-order valence-electron chi connectivity index (χ3n) is 11.4. The summed E-state index contributed by atoms with van der Waals surface area (Å²) in [4.78, 5) is 51.5. The number of nitrogens with zero attached hydrogens (tertiary/aromatic N) is 5. The van der Waals surface area contributed by atoms with Gasteiger partial charge in [-0.25, -0.2) is 4.79 Å². The number of benzene rings is 2. The van der Waals surface area contributed by atoms with Crippen LogP contribution in [0.4, 0.5) is 29.3 Å². The zero-order valence-electron chi connectivity index (χ0n) is 30.1. The van der Waals surface area contributed by atoms with Crippen LogP contribution in [0.3, 0.4) is 0 Å². The molecule has 13 heteroatoms. The molecule has 4 aliphatic heterocycles. The highest BCUT2D eigenvalue weighted by molar-refractivity contribution is 5.91. The van der Waals surface area contributed by atoms with Gasteiger partial charge in [0.2, 0.25) is 11.8 Å². The molecule has 4 aliphatic rings. The Morgan fingerprint density at radius 1 is 0.902 bits per heavy atom. The number of rotatable bonds is 8. The largest absolute Gasteiger partial charge is 0.418 e. The molecule has 0 bridgehead atoms. The third-order valence-corrected chi connectivity index (χ3v) is 11.4. The second-order valence-corrected chi connectivity index (χ2v) is 14.7. The van der Waals surface area contributed by atoms with Gasteiger partial charge in [0, 0.05) is 95.8 Å². The first-order valence-electron chi connectivity index (χ1n) is 18.4. The number of amides is 4. The van der Waals surface area contributed by atoms with Crippen LogP contribution in [-0.4, -0.2) is 127 Å². The molecular formula is C38H52F3N7O3. The highest BCUT2D eigenvalue weighted by Gasteiger charge is 2.38. The minimum Gasteiger partial charge on any atom is -0.387 e. The Labute approximate surface area is 299 Å². The molecule has 4 amide bonds. The summed E-state index contributed by atoms with van der Waals surface area (Å²) < 4.78 is 42.4. The van der Waals surface area contributed by atoms with Crippen molar-refractivity contribution in [2.45, 2.75) is 70.1 Å². The van der Waals surface area contributed by atoms with Gasteiger partial charge in [0.1, 0.15) is 0 Å². The maximum Gasteiger partial charge on any atom is 0.418 e. The number of piperidine rings is 2. The molecule has 4 heterocycles. The molecule has 51 heavy (non-hydrogen) atoms. The van der Waals surface area contributed by atoms with Gasteiger partial charge in [0.15, 0.2) is 0 Å². The van der Waals surface area contributed by atoms with E-state index in [1.54, 1.807) is 17.9 Å². The highest BCUT2D eigenvalue weighted by Crippen LogP contribution is 2.38. The molecule has 0 spiro atoms. The van der Waals surface area contributed by atoms with Crippen LogP contribution in [0.25, 0.3) is 0 Å². The Balaban J connectivity index is 1.13. The lowest BCUT2D eigenvalue weighted by atomic mass is 9.90. The number of halogens is 3. The number of aryl methyl sites for hydroxylation is 1. The first-order chi connectivity index (χ1) is 24.4. The summed E-state index contributed by atoms with van der Waals surface area (Å²) in [6.07, 6.45) is -0.940. The molecule has 0 radical (unpaired) electrons. The molecule has 3 saturated heterocycles. The second kappa shape index (κ2) is 15.8. The summed E-state index contributed by atoms with van der Waals surface area (Å²) in [6, 6.07) is 10.9. The quantitative estimate of drug-likeness (QED) is 0.404. The van der Waals surface area contributed by atoms with Crippen LogP contribution >= 0.6 is 0 Å². The highest BCUT2D eigenvalue weighted by atomic mass is 19.4. The maximum atomic E-state index is 14.2. The van der Waals surface area contributed by atoms with Gasteiger partial charge >= 0.3 is 12.2 Å². The van der Waals surface area contributed by atoms with Crippen LogP contribution in [0.1, 0.15) is 54.4 Å². The lowest BCUT2D eigenvalue weighted by Crippen LogP contribution is -2.53. The lowest BCUT2D eigenvalue weighted by Gasteiger charge is -2.42. The van der Waals surface area contributed by atoms with Crippen LogP contribution in [-0.2, 0) is 28.6 Å². The average molecular weight is 712 g/mol. The summed E-state index contributed by atoms with van der Waals surface area (Å²) in [5.41, 5.74) is 2.00. The van der Waals surface area contributed by atoms with Gasteiger partial charge in [0.05, 0.1) is 11.5 Å². The Morgan fingerprint density at radius 2 is 1.55 bits per heavy atom. The Kier molecular flexibility index (Phi) is 11.5. The predicted molar refractivity (Wildman–Crippen MR) is 192 cm³/mol. The molecule has 2 aromatic rings. The van der Waals surface area contributed by atoms with Crippen molar-refractivity contribution in [3.05, 3.63) is 58.7 Å². The topological polar surface area (TPSA) is 91.5 Å². The van der Waals surface area contributed by atoms with E-state index >= 15 is 0 Å². The summed E-state index contributed by atoms with van der Waals surface area (Å²) in [7, 11) is 3.59. The summed E-state index contributed by atoms with van der Waals surface area (Å²) in [6.45, 7) is 8.30. The van der Waals surface area contributed by atoms with E-state index in [9.17, 15) is 27.6 Å². The molecule has 0 aromatic heterocycles. The van der Waals surface area contributed by atoms with Crippen molar-refractivity contribution in [1.82, 2.24) is 24.5 Å². The molecule has 278 valence electrons. The minimum atomic E-state index is -4.57. The lowest BCUT2D eigenvalue weighted by molar-refractivity contribution is -0.143. The number of nitrogens with one attached hydrogen (secondary N) is 2. The molecule has 3 fully saturated rings. The van der Waals surface area contributed by atoms with E-state index in [2.05, 4.69) is 27.5 Å². The summed E-state index contributed by atoms with van der Waals surface area (Å²) in [5.74, 6) is -1.13. The zero-order valence-corrected chi connectivity index (χ0v) is 30.1. The number of alkyl halides is 3. The van der Waals surface area contributed by atoms with Crippen LogP contribution < -0.4 is 10.6 Å². The Morgan fingerprint density at radius 3 is 2.22 bits per heavy atom. The summed E-state index contributed by atoms with van der Waals surface area (Å²) >= 11 is 0. The van der Waals surface area contributed by atoms with Crippen LogP contribution in [0.2, 0.25) is 0 Å². The maximum absolute atomic E-state index is 14.2. The molecule has 2 N–H and O–H groups in total. The number of carbonyl (C=O) groups is 3. The van der Waals surface area contributed by atoms with Crippen molar-refractivity contribution in [3.8, 4) is 0 Å². The second-order valence-electron chi connectivity index (χ2n) is 14.7. The standard InChI is InChI=1S/C38H52F3N7O3/c1-26-22-27(24-32(35(26)42-2)38(39,40)41)23-29(36(50)47-15-9-30(10-16-47)45-20-18-44(3)19-21-45)25-34(49)46-13-11-31(12-14-46)48-17-8-28-6-4-5-7-33(28)43-37(48)51/h4-7,22,24,29-31,42H,8-21,23,25H2,1-3H3,(H,43,51)/t29-/m0/s1. The molecule has 0 aliphatic carbocycles. The molecule has 0 unspecified atom stereocenters. The number of hydrogen-bond acceptors (Lipinski definition) is 6. The summed E-state index contributed by atoms with van der Waals surface area (Å²) in [5, 5.41) is 5.71. The van der Waals surface area contributed by atoms with Gasteiger partial charge in [-0.3, -0.25) is 14.5 Å². The number of piperazine rings is 1. The fourth-order valence-electron chi connectivity index (χ4n) is 8.47. The number of carbonyl (C=O) groups excluding carboxylic acids is 3. The average Bonchev–Trinajstić information content (AvgIpc) is 3.29. The monoisotopic (exact) mass is 711 g/mol. The first kappa shape index (κ1) is 36.9. The predicted octanol–water partition coefficient (Wildman–Crippen LogP) is 4.92. The molecular weight excluding hydrogens is 659 g/mol. The number of fused-ring (bicyclic) bond motifs is 1. The molecule has 2 aromatic carbocycles. The van der Waals surface area contributed by atoms with E-state index in [0.717, 1.165) is 62.8 Å². The normalized spacial score (nSPS) is 20.8. The van der Waals surface area contributed by atoms with Crippen molar-refractivity contribution in [1.29, 1.82) is 0 Å². The number of anilines is 2. The number of likely N-dealkylation sites (tertiary alicyclic amines) is 2. The van der Waals surface area contributed by atoms with Crippen molar-refractivity contribution in [2.24, 2.45) is 5.92 Å². The molecule has 10 nitrogen and oxygen atoms in total. The van der Waals surface area contributed by atoms with E-state index in [0.29, 0.717) is 62.7 Å². The zero-order chi connectivity index (χ0) is 36.3. The van der Waals surface area contributed by atoms with Crippen LogP contribution in [0.15, 0.2) is 36.4 Å². The SMILES string of the molecule is CNc1c(C)cc(C[C@@H](CC(=O)N2CCC(N3CCc4ccccc4NC3=O)CC2)C(=O)N2CCC(N3CCN(C)CC3)CC2)cc1C(F)(F)F. The van der Waals surface area contributed by atoms with Gasteiger partial charge in [-0.15, -0.1) is 0 Å². The van der Waals surface area contributed by atoms with E-state index in [4.69, 9.17) is 0 Å². The van der Waals surface area contributed by atoms with Crippen molar-refractivity contribution in [2.75, 3.05) is 83.6 Å². The van der Waals surface area contributed by atoms with Crippen molar-refractivity contribution in [3.63, 3.8) is 0 Å². The fraction of sp³-hybridized carbons (Fsp3) is 0.605. The fourth-order valence-corrected chi connectivity index (χ4v) is 8.47.